The molecule has 1 aromatic heterocycles. The number of aromatic nitrogens is 1. The lowest BCUT2D eigenvalue weighted by Gasteiger charge is -2.08. The average Bonchev–Trinajstić information content (AvgIpc) is 2.97. The maximum Gasteiger partial charge on any atom is 0.315 e. The van der Waals surface area contributed by atoms with Crippen LogP contribution >= 0.6 is 11.3 Å². The third-order valence-corrected chi connectivity index (χ3v) is 4.86. The molecule has 4 nitrogen and oxygen atoms in total. The Hall–Kier alpha value is -1.10. The van der Waals surface area contributed by atoms with Gasteiger partial charge in [-0.05, 0) is 32.1 Å². The van der Waals surface area contributed by atoms with Crippen molar-refractivity contribution in [2.75, 3.05) is 18.5 Å². The predicted molar refractivity (Wildman–Crippen MR) is 87.0 cm³/mol. The highest BCUT2D eigenvalue weighted by Gasteiger charge is 2.33. The lowest BCUT2D eigenvalue weighted by molar-refractivity contribution is -0.145. The largest absolute Gasteiger partial charge is 0.465 e. The van der Waals surface area contributed by atoms with Gasteiger partial charge in [0.15, 0.2) is 5.13 Å². The molecule has 1 heterocycles. The summed E-state index contributed by atoms with van der Waals surface area (Å²) in [5.41, 5.74) is 0.947. The first-order valence-corrected chi connectivity index (χ1v) is 8.83. The molecule has 0 saturated heterocycles. The molecule has 0 fully saturated rings. The molecule has 0 saturated carbocycles. The molecule has 0 bridgehead atoms. The summed E-state index contributed by atoms with van der Waals surface area (Å²) in [5.74, 6) is 0.511. The minimum absolute atomic E-state index is 0.120. The van der Waals surface area contributed by atoms with Crippen molar-refractivity contribution in [1.29, 1.82) is 0 Å². The Bertz CT molecular complexity index is 471. The lowest BCUT2D eigenvalue weighted by atomic mass is 10.1. The highest BCUT2D eigenvalue weighted by Crippen LogP contribution is 2.38. The van der Waals surface area contributed by atoms with E-state index in [0.29, 0.717) is 6.61 Å². The SMILES string of the molecule is CCOC(=O)C1CCc2sc(NCCCCC(C)C)nc21. The molecule has 0 aromatic carbocycles. The van der Waals surface area contributed by atoms with Crippen molar-refractivity contribution in [2.24, 2.45) is 5.92 Å². The lowest BCUT2D eigenvalue weighted by Crippen LogP contribution is -2.14. The fourth-order valence-electron chi connectivity index (χ4n) is 2.65. The molecule has 2 rings (SSSR count). The summed E-state index contributed by atoms with van der Waals surface area (Å²) in [6.45, 7) is 7.76. The quantitative estimate of drug-likeness (QED) is 0.583. The zero-order valence-corrected chi connectivity index (χ0v) is 14.1. The Morgan fingerprint density at radius 1 is 1.48 bits per heavy atom. The Kier molecular flexibility index (Phi) is 6.03. The third-order valence-electron chi connectivity index (χ3n) is 3.77. The maximum absolute atomic E-state index is 11.9. The van der Waals surface area contributed by atoms with E-state index in [4.69, 9.17) is 4.74 Å². The molecule has 0 radical (unpaired) electrons. The van der Waals surface area contributed by atoms with Gasteiger partial charge in [-0.3, -0.25) is 4.79 Å². The van der Waals surface area contributed by atoms with Crippen LogP contribution in [0.4, 0.5) is 5.13 Å². The smallest absolute Gasteiger partial charge is 0.315 e. The van der Waals surface area contributed by atoms with Crippen LogP contribution in [0.25, 0.3) is 0 Å². The van der Waals surface area contributed by atoms with Crippen LogP contribution in [-0.4, -0.2) is 24.1 Å². The number of esters is 1. The van der Waals surface area contributed by atoms with Gasteiger partial charge in [0.05, 0.1) is 12.3 Å². The summed E-state index contributed by atoms with van der Waals surface area (Å²) in [6.07, 6.45) is 5.50. The molecular formula is C16H26N2O2S. The van der Waals surface area contributed by atoms with E-state index in [2.05, 4.69) is 24.1 Å². The van der Waals surface area contributed by atoms with Gasteiger partial charge in [0.2, 0.25) is 0 Å². The summed E-state index contributed by atoms with van der Waals surface area (Å²) in [6, 6.07) is 0. The van der Waals surface area contributed by atoms with Crippen LogP contribution < -0.4 is 5.32 Å². The highest BCUT2D eigenvalue weighted by atomic mass is 32.1. The number of nitrogens with zero attached hydrogens (tertiary/aromatic N) is 1. The Labute approximate surface area is 131 Å². The van der Waals surface area contributed by atoms with Crippen molar-refractivity contribution in [3.05, 3.63) is 10.6 Å². The van der Waals surface area contributed by atoms with Gasteiger partial charge in [-0.2, -0.15) is 0 Å². The molecular weight excluding hydrogens is 284 g/mol. The van der Waals surface area contributed by atoms with E-state index >= 15 is 0 Å². The number of thiazole rings is 1. The van der Waals surface area contributed by atoms with Crippen molar-refractivity contribution in [2.45, 2.75) is 58.8 Å². The van der Waals surface area contributed by atoms with Crippen LogP contribution in [0.1, 0.15) is 62.9 Å². The minimum atomic E-state index is -0.146. The second-order valence-corrected chi connectivity index (χ2v) is 7.07. The average molecular weight is 310 g/mol. The van der Waals surface area contributed by atoms with Crippen LogP contribution in [-0.2, 0) is 16.0 Å². The first-order valence-electron chi connectivity index (χ1n) is 8.02. The van der Waals surface area contributed by atoms with E-state index in [1.165, 1.54) is 24.1 Å². The summed E-state index contributed by atoms with van der Waals surface area (Å²) >= 11 is 1.70. The molecule has 1 atom stereocenters. The number of rotatable bonds is 8. The fraction of sp³-hybridized carbons (Fsp3) is 0.750. The van der Waals surface area contributed by atoms with E-state index in [1.54, 1.807) is 11.3 Å². The van der Waals surface area contributed by atoms with Gasteiger partial charge in [-0.1, -0.05) is 26.7 Å². The van der Waals surface area contributed by atoms with E-state index in [1.807, 2.05) is 6.92 Å². The van der Waals surface area contributed by atoms with Gasteiger partial charge in [-0.15, -0.1) is 11.3 Å². The highest BCUT2D eigenvalue weighted by molar-refractivity contribution is 7.15. The molecule has 118 valence electrons. The van der Waals surface area contributed by atoms with E-state index in [-0.39, 0.29) is 11.9 Å². The standard InChI is InChI=1S/C16H26N2O2S/c1-4-20-15(19)12-8-9-13-14(12)18-16(21-13)17-10-6-5-7-11(2)3/h11-12H,4-10H2,1-3H3,(H,17,18). The number of unbranched alkanes of at least 4 members (excludes halogenated alkanes) is 1. The first kappa shape index (κ1) is 16.3. The van der Waals surface area contributed by atoms with Gasteiger partial charge in [-0.25, -0.2) is 4.98 Å². The molecule has 1 aromatic rings. The maximum atomic E-state index is 11.9. The number of fused-ring (bicyclic) bond motifs is 1. The summed E-state index contributed by atoms with van der Waals surface area (Å²) in [5, 5.41) is 4.35. The van der Waals surface area contributed by atoms with Crippen LogP contribution in [0.2, 0.25) is 0 Å². The molecule has 0 spiro atoms. The molecule has 0 aliphatic heterocycles. The number of carbonyl (C=O) groups excluding carboxylic acids is 1. The van der Waals surface area contributed by atoms with Crippen molar-refractivity contribution >= 4 is 22.4 Å². The predicted octanol–water partition coefficient (Wildman–Crippen LogP) is 3.97. The third kappa shape index (κ3) is 4.43. The Morgan fingerprint density at radius 3 is 3.00 bits per heavy atom. The number of anilines is 1. The van der Waals surface area contributed by atoms with Crippen LogP contribution in [0.3, 0.4) is 0 Å². The topological polar surface area (TPSA) is 51.2 Å². The van der Waals surface area contributed by atoms with Crippen LogP contribution in [0.15, 0.2) is 0 Å². The molecule has 21 heavy (non-hydrogen) atoms. The molecule has 1 unspecified atom stereocenters. The number of nitrogens with one attached hydrogen (secondary N) is 1. The Balaban J connectivity index is 1.82. The van der Waals surface area contributed by atoms with Crippen LogP contribution in [0.5, 0.6) is 0 Å². The van der Waals surface area contributed by atoms with Crippen molar-refractivity contribution in [3.8, 4) is 0 Å². The molecule has 0 amide bonds. The molecule has 5 heteroatoms. The zero-order chi connectivity index (χ0) is 15.2. The van der Waals surface area contributed by atoms with Gasteiger partial charge in [0.1, 0.15) is 5.92 Å². The first-order chi connectivity index (χ1) is 10.1. The van der Waals surface area contributed by atoms with Gasteiger partial charge < -0.3 is 10.1 Å². The number of ether oxygens (including phenoxy) is 1. The number of carbonyl (C=O) groups is 1. The second kappa shape index (κ2) is 7.78. The number of aryl methyl sites for hydroxylation is 1. The minimum Gasteiger partial charge on any atom is -0.465 e. The summed E-state index contributed by atoms with van der Waals surface area (Å²) in [4.78, 5) is 17.8. The number of hydrogen-bond donors (Lipinski definition) is 1. The van der Waals surface area contributed by atoms with Gasteiger partial charge in [0, 0.05) is 11.4 Å². The van der Waals surface area contributed by atoms with Crippen LogP contribution in [0, 0.1) is 5.92 Å². The monoisotopic (exact) mass is 310 g/mol. The summed E-state index contributed by atoms with van der Waals surface area (Å²) in [7, 11) is 0. The fourth-order valence-corrected chi connectivity index (χ4v) is 3.71. The van der Waals surface area contributed by atoms with Crippen molar-refractivity contribution in [3.63, 3.8) is 0 Å². The molecule has 1 N–H and O–H groups in total. The Morgan fingerprint density at radius 2 is 2.29 bits per heavy atom. The van der Waals surface area contributed by atoms with Gasteiger partial charge in [0.25, 0.3) is 0 Å². The molecule has 1 aliphatic rings. The second-order valence-electron chi connectivity index (χ2n) is 5.99. The summed E-state index contributed by atoms with van der Waals surface area (Å²) < 4.78 is 5.13. The number of hydrogen-bond acceptors (Lipinski definition) is 5. The molecule has 1 aliphatic carbocycles. The van der Waals surface area contributed by atoms with E-state index in [9.17, 15) is 4.79 Å². The van der Waals surface area contributed by atoms with E-state index < -0.39 is 0 Å². The van der Waals surface area contributed by atoms with Crippen molar-refractivity contribution in [1.82, 2.24) is 4.98 Å². The van der Waals surface area contributed by atoms with E-state index in [0.717, 1.165) is 36.1 Å². The zero-order valence-electron chi connectivity index (χ0n) is 13.3. The van der Waals surface area contributed by atoms with Crippen molar-refractivity contribution < 1.29 is 9.53 Å². The normalized spacial score (nSPS) is 17.0. The van der Waals surface area contributed by atoms with Gasteiger partial charge >= 0.3 is 5.97 Å².